The van der Waals surface area contributed by atoms with Crippen molar-refractivity contribution in [2.45, 2.75) is 46.0 Å². The van der Waals surface area contributed by atoms with Gasteiger partial charge in [-0.25, -0.2) is 0 Å². The summed E-state index contributed by atoms with van der Waals surface area (Å²) in [5, 5.41) is 1.05. The summed E-state index contributed by atoms with van der Waals surface area (Å²) in [6, 6.07) is 3.69. The maximum Gasteiger partial charge on any atom is 0.152 e. The minimum Gasteiger partial charge on any atom is -0.496 e. The lowest BCUT2D eigenvalue weighted by Gasteiger charge is -2.21. The van der Waals surface area contributed by atoms with E-state index in [0.29, 0.717) is 5.56 Å². The largest absolute Gasteiger partial charge is 0.496 e. The van der Waals surface area contributed by atoms with Crippen molar-refractivity contribution in [3.63, 3.8) is 0 Å². The van der Waals surface area contributed by atoms with Crippen LogP contribution in [0.15, 0.2) is 18.3 Å². The Morgan fingerprint density at radius 1 is 1.12 bits per heavy atom. The number of methoxy groups -OCH3 is 1. The normalized spacial score (nSPS) is 11.3. The molecule has 0 atom stereocenters. The highest BCUT2D eigenvalue weighted by Gasteiger charge is 2.14. The fourth-order valence-corrected chi connectivity index (χ4v) is 3.15. The Balaban J connectivity index is 2.17. The number of nitrogens with one attached hydrogen (secondary N) is 1. The molecular weight excluding hydrogens is 300 g/mol. The molecule has 2 rings (SSSR count). The van der Waals surface area contributed by atoms with Gasteiger partial charge in [0.05, 0.1) is 12.6 Å². The van der Waals surface area contributed by atoms with Crippen molar-refractivity contribution in [2.75, 3.05) is 26.7 Å². The lowest BCUT2D eigenvalue weighted by atomic mass is 10.1. The van der Waals surface area contributed by atoms with Gasteiger partial charge in [-0.15, -0.1) is 0 Å². The molecule has 0 saturated carbocycles. The lowest BCUT2D eigenvalue weighted by Crippen LogP contribution is -2.28. The number of aromatic nitrogens is 1. The van der Waals surface area contributed by atoms with E-state index in [4.69, 9.17) is 4.74 Å². The van der Waals surface area contributed by atoms with Gasteiger partial charge in [-0.3, -0.25) is 4.79 Å². The number of hydrogen-bond acceptors (Lipinski definition) is 3. The van der Waals surface area contributed by atoms with Crippen LogP contribution >= 0.6 is 0 Å². The first kappa shape index (κ1) is 18.5. The summed E-state index contributed by atoms with van der Waals surface area (Å²) in [4.78, 5) is 17.1. The molecule has 0 fully saturated rings. The summed E-state index contributed by atoms with van der Waals surface area (Å²) in [6.07, 6.45) is 8.84. The number of rotatable bonds is 11. The van der Waals surface area contributed by atoms with Crippen molar-refractivity contribution in [1.82, 2.24) is 9.88 Å². The van der Waals surface area contributed by atoms with E-state index in [2.05, 4.69) is 23.7 Å². The molecule has 0 bridgehead atoms. The summed E-state index contributed by atoms with van der Waals surface area (Å²) >= 11 is 0. The van der Waals surface area contributed by atoms with Crippen LogP contribution in [0.4, 0.5) is 0 Å². The van der Waals surface area contributed by atoms with Crippen LogP contribution < -0.4 is 4.74 Å². The number of aldehydes is 1. The number of carbonyl (C=O) groups is 1. The number of fused-ring (bicyclic) bond motifs is 1. The topological polar surface area (TPSA) is 45.3 Å². The number of ether oxygens (including phenoxy) is 1. The predicted octanol–water partition coefficient (Wildman–Crippen LogP) is 4.43. The Kier molecular flexibility index (Phi) is 7.32. The summed E-state index contributed by atoms with van der Waals surface area (Å²) in [5.74, 6) is 0.834. The number of nitrogens with zero attached hydrogens (tertiary/aromatic N) is 1. The van der Waals surface area contributed by atoms with Crippen LogP contribution in [0.2, 0.25) is 0 Å². The zero-order valence-electron chi connectivity index (χ0n) is 15.2. The molecule has 1 heterocycles. The predicted molar refractivity (Wildman–Crippen MR) is 100 cm³/mol. The Morgan fingerprint density at radius 3 is 2.42 bits per heavy atom. The van der Waals surface area contributed by atoms with E-state index in [9.17, 15) is 4.79 Å². The lowest BCUT2D eigenvalue weighted by molar-refractivity contribution is 0.112. The van der Waals surface area contributed by atoms with Crippen LogP contribution in [0.25, 0.3) is 10.9 Å². The molecular formula is C20H30N2O2. The van der Waals surface area contributed by atoms with E-state index in [-0.39, 0.29) is 0 Å². The quantitative estimate of drug-likeness (QED) is 0.620. The highest BCUT2D eigenvalue weighted by atomic mass is 16.5. The van der Waals surface area contributed by atoms with Crippen molar-refractivity contribution in [1.29, 1.82) is 0 Å². The smallest absolute Gasteiger partial charge is 0.152 e. The molecule has 1 N–H and O–H groups in total. The molecule has 0 unspecified atom stereocenters. The molecule has 24 heavy (non-hydrogen) atoms. The minimum absolute atomic E-state index is 0.686. The van der Waals surface area contributed by atoms with Gasteiger partial charge in [0.15, 0.2) is 6.29 Å². The van der Waals surface area contributed by atoms with Gasteiger partial charge in [0.2, 0.25) is 0 Å². The number of benzene rings is 1. The van der Waals surface area contributed by atoms with Gasteiger partial charge < -0.3 is 14.6 Å². The third-order valence-corrected chi connectivity index (χ3v) is 4.61. The number of carbonyl (C=O) groups excluding carboxylic acids is 1. The van der Waals surface area contributed by atoms with Gasteiger partial charge in [-0.05, 0) is 50.0 Å². The molecule has 0 radical (unpaired) electrons. The monoisotopic (exact) mass is 330 g/mol. The average Bonchev–Trinajstić information content (AvgIpc) is 3.04. The molecule has 0 saturated heterocycles. The third-order valence-electron chi connectivity index (χ3n) is 4.61. The molecule has 4 heteroatoms. The number of unbranched alkanes of at least 4 members (excludes halogenated alkanes) is 2. The zero-order valence-corrected chi connectivity index (χ0v) is 15.2. The number of aromatic amines is 1. The van der Waals surface area contributed by atoms with E-state index in [1.54, 1.807) is 7.11 Å². The first-order valence-electron chi connectivity index (χ1n) is 9.09. The van der Waals surface area contributed by atoms with Crippen LogP contribution in [-0.4, -0.2) is 42.9 Å². The van der Waals surface area contributed by atoms with Crippen LogP contribution in [0, 0.1) is 0 Å². The Hall–Kier alpha value is -1.81. The van der Waals surface area contributed by atoms with Crippen LogP contribution in [-0.2, 0) is 6.42 Å². The second kappa shape index (κ2) is 9.48. The second-order valence-corrected chi connectivity index (χ2v) is 6.34. The van der Waals surface area contributed by atoms with Gasteiger partial charge in [-0.2, -0.15) is 0 Å². The minimum atomic E-state index is 0.686. The summed E-state index contributed by atoms with van der Waals surface area (Å²) in [6.45, 7) is 7.85. The maximum atomic E-state index is 11.3. The molecule has 0 spiro atoms. The van der Waals surface area contributed by atoms with Gasteiger partial charge in [0.1, 0.15) is 5.75 Å². The van der Waals surface area contributed by atoms with E-state index >= 15 is 0 Å². The average molecular weight is 330 g/mol. The Labute approximate surface area is 145 Å². The number of hydrogen-bond donors (Lipinski definition) is 1. The maximum absolute atomic E-state index is 11.3. The zero-order chi connectivity index (χ0) is 17.4. The standard InChI is InChI=1S/C20H30N2O2/c1-4-6-11-22(12-7-5-2)13-10-16-14-21-20-17(15-23)8-9-18(24-3)19(16)20/h8-9,14-15,21H,4-7,10-13H2,1-3H3. The van der Waals surface area contributed by atoms with Gasteiger partial charge in [0, 0.05) is 23.7 Å². The van der Waals surface area contributed by atoms with E-state index in [1.807, 2.05) is 18.3 Å². The van der Waals surface area contributed by atoms with Crippen LogP contribution in [0.3, 0.4) is 0 Å². The molecule has 132 valence electrons. The number of H-pyrrole nitrogens is 1. The molecule has 1 aromatic heterocycles. The molecule has 1 aromatic carbocycles. The summed E-state index contributed by atoms with van der Waals surface area (Å²) < 4.78 is 5.51. The van der Waals surface area contributed by atoms with Crippen LogP contribution in [0.1, 0.15) is 55.5 Å². The van der Waals surface area contributed by atoms with Crippen molar-refractivity contribution >= 4 is 17.2 Å². The van der Waals surface area contributed by atoms with Crippen LogP contribution in [0.5, 0.6) is 5.75 Å². The highest BCUT2D eigenvalue weighted by molar-refractivity contribution is 6.00. The Bertz CT molecular complexity index is 640. The first-order valence-corrected chi connectivity index (χ1v) is 9.09. The van der Waals surface area contributed by atoms with Gasteiger partial charge >= 0.3 is 0 Å². The highest BCUT2D eigenvalue weighted by Crippen LogP contribution is 2.31. The fraction of sp³-hybridized carbons (Fsp3) is 0.550. The van der Waals surface area contributed by atoms with E-state index < -0.39 is 0 Å². The third kappa shape index (κ3) is 4.38. The molecule has 4 nitrogen and oxygen atoms in total. The van der Waals surface area contributed by atoms with Crippen molar-refractivity contribution in [2.24, 2.45) is 0 Å². The SMILES string of the molecule is CCCCN(CCCC)CCc1c[nH]c2c(C=O)ccc(OC)c12. The molecule has 0 amide bonds. The fourth-order valence-electron chi connectivity index (χ4n) is 3.15. The summed E-state index contributed by atoms with van der Waals surface area (Å²) in [7, 11) is 1.68. The van der Waals surface area contributed by atoms with Crippen molar-refractivity contribution in [3.8, 4) is 5.75 Å². The van der Waals surface area contributed by atoms with Gasteiger partial charge in [-0.1, -0.05) is 26.7 Å². The second-order valence-electron chi connectivity index (χ2n) is 6.34. The van der Waals surface area contributed by atoms with Crippen molar-refractivity contribution < 1.29 is 9.53 Å². The first-order chi connectivity index (χ1) is 11.7. The van der Waals surface area contributed by atoms with Gasteiger partial charge in [0.25, 0.3) is 0 Å². The molecule has 0 aliphatic carbocycles. The molecule has 0 aliphatic heterocycles. The molecule has 0 aliphatic rings. The van der Waals surface area contributed by atoms with E-state index in [1.165, 1.54) is 31.2 Å². The van der Waals surface area contributed by atoms with E-state index in [0.717, 1.165) is 49.0 Å². The van der Waals surface area contributed by atoms with Crippen molar-refractivity contribution in [3.05, 3.63) is 29.5 Å². The summed E-state index contributed by atoms with van der Waals surface area (Å²) in [5.41, 5.74) is 2.79. The molecule has 2 aromatic rings. The Morgan fingerprint density at radius 2 is 1.83 bits per heavy atom.